The van der Waals surface area contributed by atoms with E-state index in [1.165, 1.54) is 30.2 Å². The number of non-ortho nitro benzene ring substituents is 1. The SMILES string of the molecule is COc1cc(/C=C2\SC(=S)N(c3cccc([N+](=O)[O-])c3)C2=O)ccc1OCC(=O)Nc1cc(C)c(C)cc1Br. The number of nitrogens with one attached hydrogen (secondary N) is 1. The molecular formula is C27H22BrN3O6S2. The van der Waals surface area contributed by atoms with Crippen LogP contribution in [0, 0.1) is 24.0 Å². The number of carbonyl (C=O) groups is 2. The molecule has 200 valence electrons. The van der Waals surface area contributed by atoms with Gasteiger partial charge in [-0.15, -0.1) is 0 Å². The van der Waals surface area contributed by atoms with Crippen LogP contribution in [0.25, 0.3) is 6.08 Å². The molecule has 4 rings (SSSR count). The van der Waals surface area contributed by atoms with Gasteiger partial charge < -0.3 is 14.8 Å². The van der Waals surface area contributed by atoms with Crippen LogP contribution in [0.5, 0.6) is 11.5 Å². The number of rotatable bonds is 8. The standard InChI is InChI=1S/C27H22BrN3O6S2/c1-15-9-20(28)21(10-16(15)2)29-25(32)14-37-22-8-7-17(11-23(22)36-3)12-24-26(33)30(27(38)39-24)18-5-4-6-19(13-18)31(34)35/h4-13H,14H2,1-3H3,(H,29,32)/b24-12-. The minimum absolute atomic E-state index is 0.138. The number of hydrogen-bond donors (Lipinski definition) is 1. The minimum atomic E-state index is -0.529. The number of thiocarbonyl (C=S) groups is 1. The molecular weight excluding hydrogens is 606 g/mol. The third kappa shape index (κ3) is 6.47. The van der Waals surface area contributed by atoms with E-state index < -0.39 is 4.92 Å². The zero-order chi connectivity index (χ0) is 28.3. The summed E-state index contributed by atoms with van der Waals surface area (Å²) in [5, 5.41) is 14.0. The highest BCUT2D eigenvalue weighted by Gasteiger charge is 2.34. The Hall–Kier alpha value is -3.74. The first kappa shape index (κ1) is 28.3. The molecule has 1 heterocycles. The summed E-state index contributed by atoms with van der Waals surface area (Å²) in [7, 11) is 1.47. The number of nitro benzene ring substituents is 1. The molecule has 0 saturated carbocycles. The van der Waals surface area contributed by atoms with Crippen molar-refractivity contribution < 1.29 is 24.0 Å². The van der Waals surface area contributed by atoms with Crippen LogP contribution in [0.2, 0.25) is 0 Å². The van der Waals surface area contributed by atoms with E-state index in [0.717, 1.165) is 27.4 Å². The number of hydrogen-bond acceptors (Lipinski definition) is 8. The van der Waals surface area contributed by atoms with Gasteiger partial charge in [-0.3, -0.25) is 24.6 Å². The number of methoxy groups -OCH3 is 1. The van der Waals surface area contributed by atoms with E-state index in [-0.39, 0.29) is 28.4 Å². The van der Waals surface area contributed by atoms with Crippen molar-refractivity contribution in [3.8, 4) is 11.5 Å². The number of halogens is 1. The molecule has 39 heavy (non-hydrogen) atoms. The van der Waals surface area contributed by atoms with Crippen molar-refractivity contribution in [1.29, 1.82) is 0 Å². The monoisotopic (exact) mass is 627 g/mol. The highest BCUT2D eigenvalue weighted by molar-refractivity contribution is 9.10. The Kier molecular flexibility index (Phi) is 8.68. The molecule has 1 saturated heterocycles. The second kappa shape index (κ2) is 12.0. The summed E-state index contributed by atoms with van der Waals surface area (Å²) in [4.78, 5) is 37.8. The molecule has 3 aromatic rings. The molecule has 0 spiro atoms. The van der Waals surface area contributed by atoms with Gasteiger partial charge in [-0.25, -0.2) is 0 Å². The number of amides is 2. The smallest absolute Gasteiger partial charge is 0.271 e. The lowest BCUT2D eigenvalue weighted by molar-refractivity contribution is -0.384. The lowest BCUT2D eigenvalue weighted by Gasteiger charge is -2.14. The van der Waals surface area contributed by atoms with E-state index in [1.807, 2.05) is 26.0 Å². The number of benzene rings is 3. The summed E-state index contributed by atoms with van der Waals surface area (Å²) < 4.78 is 12.2. The molecule has 0 unspecified atom stereocenters. The number of ether oxygens (including phenoxy) is 2. The maximum absolute atomic E-state index is 13.1. The fourth-order valence-electron chi connectivity index (χ4n) is 3.69. The number of anilines is 2. The van der Waals surface area contributed by atoms with E-state index in [1.54, 1.807) is 30.3 Å². The van der Waals surface area contributed by atoms with Crippen LogP contribution in [-0.2, 0) is 9.59 Å². The molecule has 2 amide bonds. The summed E-state index contributed by atoms with van der Waals surface area (Å²) in [6.45, 7) is 3.71. The van der Waals surface area contributed by atoms with Gasteiger partial charge in [0.1, 0.15) is 0 Å². The highest BCUT2D eigenvalue weighted by atomic mass is 79.9. The number of aryl methyl sites for hydroxylation is 2. The van der Waals surface area contributed by atoms with E-state index in [0.29, 0.717) is 33.3 Å². The lowest BCUT2D eigenvalue weighted by atomic mass is 10.1. The first-order chi connectivity index (χ1) is 18.6. The van der Waals surface area contributed by atoms with Gasteiger partial charge in [0.05, 0.1) is 28.3 Å². The Morgan fingerprint density at radius 1 is 1.15 bits per heavy atom. The minimum Gasteiger partial charge on any atom is -0.493 e. The van der Waals surface area contributed by atoms with Gasteiger partial charge in [0.2, 0.25) is 0 Å². The maximum Gasteiger partial charge on any atom is 0.271 e. The van der Waals surface area contributed by atoms with Crippen LogP contribution in [0.15, 0.2) is 64.0 Å². The van der Waals surface area contributed by atoms with Crippen LogP contribution in [0.1, 0.15) is 16.7 Å². The molecule has 0 bridgehead atoms. The molecule has 0 aliphatic carbocycles. The van der Waals surface area contributed by atoms with Gasteiger partial charge >= 0.3 is 0 Å². The second-order valence-electron chi connectivity index (χ2n) is 8.46. The Balaban J connectivity index is 1.47. The van der Waals surface area contributed by atoms with E-state index in [2.05, 4.69) is 21.2 Å². The Labute approximate surface area is 242 Å². The van der Waals surface area contributed by atoms with E-state index in [9.17, 15) is 19.7 Å². The molecule has 1 aliphatic heterocycles. The topological polar surface area (TPSA) is 111 Å². The quantitative estimate of drug-likeness (QED) is 0.132. The van der Waals surface area contributed by atoms with Crippen molar-refractivity contribution in [2.24, 2.45) is 0 Å². The maximum atomic E-state index is 13.1. The summed E-state index contributed by atoms with van der Waals surface area (Å²) in [5.41, 5.74) is 3.63. The fraction of sp³-hybridized carbons (Fsp3) is 0.148. The molecule has 0 radical (unpaired) electrons. The molecule has 0 atom stereocenters. The van der Waals surface area contributed by atoms with Crippen LogP contribution in [0.4, 0.5) is 17.1 Å². The van der Waals surface area contributed by atoms with Gasteiger partial charge in [0.15, 0.2) is 22.4 Å². The summed E-state index contributed by atoms with van der Waals surface area (Å²) in [6.07, 6.45) is 1.65. The first-order valence-corrected chi connectivity index (χ1v) is 13.5. The predicted octanol–water partition coefficient (Wildman–Crippen LogP) is 6.41. The zero-order valence-corrected chi connectivity index (χ0v) is 24.2. The van der Waals surface area contributed by atoms with Crippen molar-refractivity contribution in [2.75, 3.05) is 23.9 Å². The van der Waals surface area contributed by atoms with Crippen LogP contribution >= 0.6 is 39.9 Å². The van der Waals surface area contributed by atoms with E-state index >= 15 is 0 Å². The van der Waals surface area contributed by atoms with Crippen molar-refractivity contribution >= 4 is 79.2 Å². The third-order valence-electron chi connectivity index (χ3n) is 5.79. The number of thioether (sulfide) groups is 1. The number of carbonyl (C=O) groups excluding carboxylic acids is 2. The summed E-state index contributed by atoms with van der Waals surface area (Å²) in [5.74, 6) is 0.0000381. The van der Waals surface area contributed by atoms with Gasteiger partial charge in [-0.1, -0.05) is 36.1 Å². The second-order valence-corrected chi connectivity index (χ2v) is 11.0. The summed E-state index contributed by atoms with van der Waals surface area (Å²) >= 11 is 9.92. The number of nitro groups is 1. The molecule has 1 N–H and O–H groups in total. The van der Waals surface area contributed by atoms with Crippen LogP contribution in [-0.4, -0.2) is 34.8 Å². The molecule has 1 fully saturated rings. The Morgan fingerprint density at radius 3 is 2.62 bits per heavy atom. The van der Waals surface area contributed by atoms with Gasteiger partial charge in [-0.05, 0) is 82.9 Å². The molecule has 3 aromatic carbocycles. The number of nitrogens with zero attached hydrogens (tertiary/aromatic N) is 2. The molecule has 12 heteroatoms. The van der Waals surface area contributed by atoms with E-state index in [4.69, 9.17) is 21.7 Å². The van der Waals surface area contributed by atoms with Gasteiger partial charge in [-0.2, -0.15) is 0 Å². The van der Waals surface area contributed by atoms with Crippen LogP contribution in [0.3, 0.4) is 0 Å². The largest absolute Gasteiger partial charge is 0.493 e. The highest BCUT2D eigenvalue weighted by Crippen LogP contribution is 2.38. The Morgan fingerprint density at radius 2 is 1.90 bits per heavy atom. The fourth-order valence-corrected chi connectivity index (χ4v) is 5.54. The lowest BCUT2D eigenvalue weighted by Crippen LogP contribution is -2.27. The van der Waals surface area contributed by atoms with Crippen molar-refractivity contribution in [3.05, 3.63) is 90.8 Å². The van der Waals surface area contributed by atoms with Crippen molar-refractivity contribution in [1.82, 2.24) is 0 Å². The first-order valence-electron chi connectivity index (χ1n) is 11.5. The van der Waals surface area contributed by atoms with Crippen molar-refractivity contribution in [2.45, 2.75) is 13.8 Å². The normalized spacial score (nSPS) is 14.1. The predicted molar refractivity (Wildman–Crippen MR) is 159 cm³/mol. The zero-order valence-electron chi connectivity index (χ0n) is 21.0. The van der Waals surface area contributed by atoms with Gasteiger partial charge in [0.25, 0.3) is 17.5 Å². The van der Waals surface area contributed by atoms with Crippen LogP contribution < -0.4 is 19.7 Å². The molecule has 1 aliphatic rings. The molecule has 9 nitrogen and oxygen atoms in total. The van der Waals surface area contributed by atoms with Crippen molar-refractivity contribution in [3.63, 3.8) is 0 Å². The molecule has 0 aromatic heterocycles. The average molecular weight is 629 g/mol. The average Bonchev–Trinajstić information content (AvgIpc) is 3.18. The Bertz CT molecular complexity index is 1540. The summed E-state index contributed by atoms with van der Waals surface area (Å²) in [6, 6.07) is 14.6. The third-order valence-corrected chi connectivity index (χ3v) is 7.75. The van der Waals surface area contributed by atoms with Gasteiger partial charge in [0, 0.05) is 16.6 Å².